The van der Waals surface area contributed by atoms with Gasteiger partial charge in [-0.05, 0) is 20.9 Å². The highest BCUT2D eigenvalue weighted by atomic mass is 28.3. The summed E-state index contributed by atoms with van der Waals surface area (Å²) in [6, 6.07) is 0. The van der Waals surface area contributed by atoms with Crippen molar-refractivity contribution in [2.24, 2.45) is 10.8 Å². The summed E-state index contributed by atoms with van der Waals surface area (Å²) >= 11 is 0. The van der Waals surface area contributed by atoms with Crippen molar-refractivity contribution < 1.29 is 0 Å². The summed E-state index contributed by atoms with van der Waals surface area (Å²) in [5.41, 5.74) is 0.907. The van der Waals surface area contributed by atoms with Gasteiger partial charge in [-0.15, -0.1) is 0 Å². The Morgan fingerprint density at radius 3 is 0.857 bits per heavy atom. The van der Waals surface area contributed by atoms with Crippen LogP contribution in [0, 0.1) is 10.8 Å². The fraction of sp³-hybridized carbons (Fsp3) is 1.00. The van der Waals surface area contributed by atoms with Gasteiger partial charge in [0.05, 0.1) is 0 Å². The van der Waals surface area contributed by atoms with E-state index in [0.717, 1.165) is 0 Å². The molecule has 0 amide bonds. The predicted molar refractivity (Wildman–Crippen MR) is 68.7 cm³/mol. The molecular formula is C13H28Si. The van der Waals surface area contributed by atoms with Crippen LogP contribution in [0.5, 0.6) is 0 Å². The van der Waals surface area contributed by atoms with Gasteiger partial charge in [-0.3, -0.25) is 0 Å². The first-order chi connectivity index (χ1) is 5.90. The van der Waals surface area contributed by atoms with Crippen molar-refractivity contribution in [2.75, 3.05) is 0 Å². The van der Waals surface area contributed by atoms with Crippen LogP contribution in [0.15, 0.2) is 0 Å². The zero-order valence-corrected chi connectivity index (χ0v) is 12.7. The summed E-state index contributed by atoms with van der Waals surface area (Å²) < 4.78 is 0. The minimum Gasteiger partial charge on any atom is -0.0712 e. The second-order valence-corrected chi connectivity index (χ2v) is 11.7. The molecule has 0 atom stereocenters. The summed E-state index contributed by atoms with van der Waals surface area (Å²) in [5, 5.41) is 1.11. The standard InChI is InChI=1S/C13H28Si/c1-10(2)11(3,4)13(7,8)14(9)12(10,5)6/h14H,1-9H3. The molecule has 1 heteroatoms. The average Bonchev–Trinajstić information content (AvgIpc) is 2.05. The van der Waals surface area contributed by atoms with Gasteiger partial charge in [0.1, 0.15) is 0 Å². The van der Waals surface area contributed by atoms with E-state index in [1.165, 1.54) is 0 Å². The van der Waals surface area contributed by atoms with Crippen molar-refractivity contribution in [1.29, 1.82) is 0 Å². The van der Waals surface area contributed by atoms with Crippen molar-refractivity contribution >= 4 is 8.80 Å². The van der Waals surface area contributed by atoms with E-state index in [1.807, 2.05) is 0 Å². The summed E-state index contributed by atoms with van der Waals surface area (Å²) in [7, 11) is -0.718. The summed E-state index contributed by atoms with van der Waals surface area (Å²) in [4.78, 5) is 0. The van der Waals surface area contributed by atoms with Gasteiger partial charge in [-0.25, -0.2) is 0 Å². The first kappa shape index (κ1) is 12.3. The molecule has 1 rings (SSSR count). The van der Waals surface area contributed by atoms with Crippen LogP contribution >= 0.6 is 0 Å². The molecule has 0 bridgehead atoms. The molecule has 0 aromatic carbocycles. The highest BCUT2D eigenvalue weighted by molar-refractivity contribution is 6.65. The van der Waals surface area contributed by atoms with Crippen LogP contribution in [0.3, 0.4) is 0 Å². The van der Waals surface area contributed by atoms with Crippen LogP contribution in [-0.2, 0) is 0 Å². The normalized spacial score (nSPS) is 33.2. The van der Waals surface area contributed by atoms with Crippen LogP contribution in [0.4, 0.5) is 0 Å². The Kier molecular flexibility index (Phi) is 2.34. The molecule has 0 aromatic heterocycles. The summed E-state index contributed by atoms with van der Waals surface area (Å²) in [6.07, 6.45) is 0. The van der Waals surface area contributed by atoms with Gasteiger partial charge < -0.3 is 0 Å². The first-order valence-electron chi connectivity index (χ1n) is 5.90. The molecule has 0 saturated carbocycles. The Balaban J connectivity index is 3.38. The Morgan fingerprint density at radius 2 is 0.786 bits per heavy atom. The quantitative estimate of drug-likeness (QED) is 0.520. The molecule has 1 aliphatic rings. The molecule has 1 fully saturated rings. The van der Waals surface area contributed by atoms with Gasteiger partial charge in [-0.1, -0.05) is 61.9 Å². The van der Waals surface area contributed by atoms with E-state index in [4.69, 9.17) is 0 Å². The van der Waals surface area contributed by atoms with E-state index >= 15 is 0 Å². The molecule has 0 spiro atoms. The maximum atomic E-state index is 2.57. The highest BCUT2D eigenvalue weighted by Crippen LogP contribution is 2.75. The summed E-state index contributed by atoms with van der Waals surface area (Å²) in [5.74, 6) is 0. The molecule has 0 nitrogen and oxygen atoms in total. The van der Waals surface area contributed by atoms with E-state index in [2.05, 4.69) is 61.9 Å². The van der Waals surface area contributed by atoms with Gasteiger partial charge in [0, 0.05) is 8.80 Å². The Bertz CT molecular complexity index is 220. The number of hydrogen-bond donors (Lipinski definition) is 0. The van der Waals surface area contributed by atoms with E-state index < -0.39 is 8.80 Å². The number of rotatable bonds is 0. The maximum Gasteiger partial charge on any atom is 0.0466 e. The van der Waals surface area contributed by atoms with Crippen molar-refractivity contribution in [2.45, 2.75) is 72.0 Å². The smallest absolute Gasteiger partial charge is 0.0466 e. The molecule has 0 N–H and O–H groups in total. The molecule has 1 heterocycles. The molecular weight excluding hydrogens is 184 g/mol. The fourth-order valence-corrected chi connectivity index (χ4v) is 8.29. The monoisotopic (exact) mass is 212 g/mol. The van der Waals surface area contributed by atoms with Crippen LogP contribution in [0.2, 0.25) is 16.6 Å². The fourth-order valence-electron chi connectivity index (χ4n) is 3.60. The van der Waals surface area contributed by atoms with E-state index in [9.17, 15) is 0 Å². The second kappa shape index (κ2) is 2.66. The molecule has 0 radical (unpaired) electrons. The Hall–Kier alpha value is 0.217. The van der Waals surface area contributed by atoms with Crippen LogP contribution < -0.4 is 0 Å². The maximum absolute atomic E-state index is 2.57. The third-order valence-electron chi connectivity index (χ3n) is 6.95. The van der Waals surface area contributed by atoms with E-state index in [0.29, 0.717) is 20.9 Å². The molecule has 14 heavy (non-hydrogen) atoms. The predicted octanol–water partition coefficient (Wildman–Crippen LogP) is 4.47. The molecule has 0 unspecified atom stereocenters. The topological polar surface area (TPSA) is 0 Å². The van der Waals surface area contributed by atoms with Gasteiger partial charge in [-0.2, -0.15) is 0 Å². The van der Waals surface area contributed by atoms with Gasteiger partial charge in [0.15, 0.2) is 0 Å². The van der Waals surface area contributed by atoms with Crippen molar-refractivity contribution in [3.8, 4) is 0 Å². The summed E-state index contributed by atoms with van der Waals surface area (Å²) in [6.45, 7) is 22.5. The number of hydrogen-bond acceptors (Lipinski definition) is 0. The minimum atomic E-state index is -0.718. The van der Waals surface area contributed by atoms with Crippen molar-refractivity contribution in [1.82, 2.24) is 0 Å². The van der Waals surface area contributed by atoms with Gasteiger partial charge >= 0.3 is 0 Å². The van der Waals surface area contributed by atoms with Crippen LogP contribution in [0.1, 0.15) is 55.4 Å². The van der Waals surface area contributed by atoms with Gasteiger partial charge in [0.2, 0.25) is 0 Å². The largest absolute Gasteiger partial charge is 0.0712 e. The Labute approximate surface area is 92.1 Å². The minimum absolute atomic E-state index is 0.454. The van der Waals surface area contributed by atoms with E-state index in [-0.39, 0.29) is 0 Å². The van der Waals surface area contributed by atoms with Crippen molar-refractivity contribution in [3.05, 3.63) is 0 Å². The third kappa shape index (κ3) is 0.999. The first-order valence-corrected chi connectivity index (χ1v) is 8.21. The lowest BCUT2D eigenvalue weighted by Gasteiger charge is -2.47. The van der Waals surface area contributed by atoms with Crippen molar-refractivity contribution in [3.63, 3.8) is 0 Å². The molecule has 1 saturated heterocycles. The van der Waals surface area contributed by atoms with Gasteiger partial charge in [0.25, 0.3) is 0 Å². The van der Waals surface area contributed by atoms with Crippen LogP contribution in [0.25, 0.3) is 0 Å². The average molecular weight is 212 g/mol. The third-order valence-corrected chi connectivity index (χ3v) is 12.7. The molecule has 0 aromatic rings. The molecule has 1 aliphatic heterocycles. The molecule has 84 valence electrons. The highest BCUT2D eigenvalue weighted by Gasteiger charge is 2.66. The zero-order chi connectivity index (χ0) is 11.6. The lowest BCUT2D eigenvalue weighted by molar-refractivity contribution is 0.0633. The lowest BCUT2D eigenvalue weighted by Crippen LogP contribution is -2.36. The second-order valence-electron chi connectivity index (χ2n) is 7.42. The van der Waals surface area contributed by atoms with Crippen LogP contribution in [-0.4, -0.2) is 8.80 Å². The lowest BCUT2D eigenvalue weighted by atomic mass is 9.57. The molecule has 0 aliphatic carbocycles. The van der Waals surface area contributed by atoms with E-state index in [1.54, 1.807) is 0 Å². The zero-order valence-electron chi connectivity index (χ0n) is 11.6. The Morgan fingerprint density at radius 1 is 0.571 bits per heavy atom. The SMILES string of the molecule is C[SiH]1C(C)(C)C(C)(C)C(C)(C)C1(C)C.